The van der Waals surface area contributed by atoms with E-state index in [1.165, 1.54) is 47.9 Å². The second-order valence-corrected chi connectivity index (χ2v) is 6.96. The molecule has 31 heavy (non-hydrogen) atoms. The summed E-state index contributed by atoms with van der Waals surface area (Å²) in [7, 11) is 0. The summed E-state index contributed by atoms with van der Waals surface area (Å²) in [6, 6.07) is 19.2. The quantitative estimate of drug-likeness (QED) is 0.287. The number of rotatable bonds is 4. The summed E-state index contributed by atoms with van der Waals surface area (Å²) in [5, 5.41) is 11.0. The van der Waals surface area contributed by atoms with E-state index >= 15 is 0 Å². The zero-order chi connectivity index (χ0) is 22.1. The summed E-state index contributed by atoms with van der Waals surface area (Å²) in [6.07, 6.45) is 0. The van der Waals surface area contributed by atoms with Gasteiger partial charge in [-0.15, -0.1) is 0 Å². The Bertz CT molecular complexity index is 1280. The van der Waals surface area contributed by atoms with E-state index in [9.17, 15) is 23.7 Å². The lowest BCUT2D eigenvalue weighted by Gasteiger charge is -2.12. The summed E-state index contributed by atoms with van der Waals surface area (Å²) in [4.78, 5) is 23.2. The molecule has 1 aromatic heterocycles. The molecular formula is C24H16F2N2O3. The van der Waals surface area contributed by atoms with Crippen molar-refractivity contribution in [2.24, 2.45) is 0 Å². The smallest absolute Gasteiger partial charge is 0.269 e. The van der Waals surface area contributed by atoms with Crippen LogP contribution < -0.4 is 0 Å². The third kappa shape index (κ3) is 3.85. The van der Waals surface area contributed by atoms with Crippen LogP contribution in [0.5, 0.6) is 0 Å². The maximum absolute atomic E-state index is 13.5. The van der Waals surface area contributed by atoms with Gasteiger partial charge in [0.1, 0.15) is 11.6 Å². The molecule has 154 valence electrons. The Kier molecular flexibility index (Phi) is 5.17. The van der Waals surface area contributed by atoms with Gasteiger partial charge < -0.3 is 0 Å². The fourth-order valence-electron chi connectivity index (χ4n) is 3.55. The molecule has 4 rings (SSSR count). The standard InChI is InChI=1S/C24H16F2N2O3/c1-15(29)27-23(17-6-12-21(13-7-17)28(30)31)14-22(16-2-8-19(25)9-3-16)24(27)18-4-10-20(26)11-5-18/h2-14H,1H3. The van der Waals surface area contributed by atoms with E-state index in [1.807, 2.05) is 0 Å². The van der Waals surface area contributed by atoms with Crippen molar-refractivity contribution in [3.63, 3.8) is 0 Å². The number of hydrogen-bond acceptors (Lipinski definition) is 3. The monoisotopic (exact) mass is 418 g/mol. The van der Waals surface area contributed by atoms with Gasteiger partial charge in [-0.25, -0.2) is 8.78 Å². The lowest BCUT2D eigenvalue weighted by Crippen LogP contribution is -2.09. The Morgan fingerprint density at radius 2 is 1.29 bits per heavy atom. The molecule has 3 aromatic carbocycles. The molecule has 0 saturated carbocycles. The third-order valence-corrected chi connectivity index (χ3v) is 4.96. The van der Waals surface area contributed by atoms with Gasteiger partial charge in [0.15, 0.2) is 0 Å². The van der Waals surface area contributed by atoms with Gasteiger partial charge >= 0.3 is 0 Å². The molecule has 5 nitrogen and oxygen atoms in total. The molecule has 0 saturated heterocycles. The molecule has 0 aliphatic heterocycles. The van der Waals surface area contributed by atoms with Gasteiger partial charge in [0.2, 0.25) is 5.91 Å². The molecule has 0 amide bonds. The summed E-state index contributed by atoms with van der Waals surface area (Å²) in [5.74, 6) is -1.10. The van der Waals surface area contributed by atoms with E-state index in [1.54, 1.807) is 42.5 Å². The van der Waals surface area contributed by atoms with E-state index in [0.717, 1.165) is 0 Å². The number of nitro groups is 1. The van der Waals surface area contributed by atoms with Gasteiger partial charge in [-0.2, -0.15) is 0 Å². The van der Waals surface area contributed by atoms with Crippen LogP contribution in [0.3, 0.4) is 0 Å². The van der Waals surface area contributed by atoms with E-state index in [2.05, 4.69) is 0 Å². The molecule has 0 aliphatic carbocycles. The number of halogens is 2. The Morgan fingerprint density at radius 3 is 1.77 bits per heavy atom. The van der Waals surface area contributed by atoms with Crippen molar-refractivity contribution in [3.05, 3.63) is 101 Å². The summed E-state index contributed by atoms with van der Waals surface area (Å²) >= 11 is 0. The largest absolute Gasteiger partial charge is 0.279 e. The SMILES string of the molecule is CC(=O)n1c(-c2ccc([N+](=O)[O-])cc2)cc(-c2ccc(F)cc2)c1-c1ccc(F)cc1. The molecule has 0 radical (unpaired) electrons. The molecule has 0 aliphatic rings. The van der Waals surface area contributed by atoms with Crippen LogP contribution in [0, 0.1) is 21.7 Å². The van der Waals surface area contributed by atoms with Crippen LogP contribution in [0.25, 0.3) is 33.6 Å². The average Bonchev–Trinajstić information content (AvgIpc) is 3.16. The van der Waals surface area contributed by atoms with Crippen molar-refractivity contribution in [1.29, 1.82) is 0 Å². The van der Waals surface area contributed by atoms with Crippen molar-refractivity contribution in [2.75, 3.05) is 0 Å². The van der Waals surface area contributed by atoms with Crippen molar-refractivity contribution in [2.45, 2.75) is 6.92 Å². The average molecular weight is 418 g/mol. The summed E-state index contributed by atoms with van der Waals surface area (Å²) < 4.78 is 28.5. The van der Waals surface area contributed by atoms with E-state index in [-0.39, 0.29) is 11.6 Å². The zero-order valence-corrected chi connectivity index (χ0v) is 16.4. The highest BCUT2D eigenvalue weighted by molar-refractivity contribution is 5.96. The first-order valence-corrected chi connectivity index (χ1v) is 9.38. The van der Waals surface area contributed by atoms with Gasteiger partial charge in [-0.05, 0) is 71.3 Å². The number of nitro benzene ring substituents is 1. The highest BCUT2D eigenvalue weighted by Gasteiger charge is 2.22. The van der Waals surface area contributed by atoms with Gasteiger partial charge in [0.05, 0.1) is 16.3 Å². The number of carbonyl (C=O) groups excluding carboxylic acids is 1. The maximum Gasteiger partial charge on any atom is 0.269 e. The molecule has 0 N–H and O–H groups in total. The van der Waals surface area contributed by atoms with Crippen LogP contribution in [-0.2, 0) is 0 Å². The van der Waals surface area contributed by atoms with Crippen LogP contribution in [0.1, 0.15) is 11.7 Å². The normalized spacial score (nSPS) is 10.8. The lowest BCUT2D eigenvalue weighted by atomic mass is 10.0. The number of nitrogens with zero attached hydrogens (tertiary/aromatic N) is 2. The highest BCUT2D eigenvalue weighted by Crippen LogP contribution is 2.39. The second-order valence-electron chi connectivity index (χ2n) is 6.96. The van der Waals surface area contributed by atoms with Crippen LogP contribution in [-0.4, -0.2) is 15.4 Å². The summed E-state index contributed by atoms with van der Waals surface area (Å²) in [5.41, 5.74) is 3.48. The number of carbonyl (C=O) groups is 1. The Hall–Kier alpha value is -4.13. The van der Waals surface area contributed by atoms with Crippen molar-refractivity contribution >= 4 is 11.6 Å². The second kappa shape index (κ2) is 7.95. The minimum absolute atomic E-state index is 0.0674. The fourth-order valence-corrected chi connectivity index (χ4v) is 3.55. The predicted octanol–water partition coefficient (Wildman–Crippen LogP) is 6.34. The van der Waals surface area contributed by atoms with E-state index in [4.69, 9.17) is 0 Å². The van der Waals surface area contributed by atoms with Crippen molar-refractivity contribution in [1.82, 2.24) is 4.57 Å². The fraction of sp³-hybridized carbons (Fsp3) is 0.0417. The Labute approximate surface area is 176 Å². The molecule has 1 heterocycles. The first kappa shape index (κ1) is 20.2. The first-order chi connectivity index (χ1) is 14.8. The number of non-ortho nitro benzene ring substituents is 1. The zero-order valence-electron chi connectivity index (χ0n) is 16.4. The van der Waals surface area contributed by atoms with E-state index < -0.39 is 16.6 Å². The lowest BCUT2D eigenvalue weighted by molar-refractivity contribution is -0.384. The third-order valence-electron chi connectivity index (χ3n) is 4.96. The first-order valence-electron chi connectivity index (χ1n) is 9.38. The predicted molar refractivity (Wildman–Crippen MR) is 114 cm³/mol. The van der Waals surface area contributed by atoms with Crippen LogP contribution in [0.2, 0.25) is 0 Å². The minimum Gasteiger partial charge on any atom is -0.279 e. The van der Waals surface area contributed by atoms with Crippen molar-refractivity contribution < 1.29 is 18.5 Å². The summed E-state index contributed by atoms with van der Waals surface area (Å²) in [6.45, 7) is 1.40. The van der Waals surface area contributed by atoms with Gasteiger partial charge in [-0.1, -0.05) is 12.1 Å². The van der Waals surface area contributed by atoms with Crippen LogP contribution in [0.4, 0.5) is 14.5 Å². The van der Waals surface area contributed by atoms with Crippen molar-refractivity contribution in [3.8, 4) is 33.6 Å². The topological polar surface area (TPSA) is 65.1 Å². The van der Waals surface area contributed by atoms with Gasteiger partial charge in [0.25, 0.3) is 5.69 Å². The Morgan fingerprint density at radius 1 is 0.806 bits per heavy atom. The molecular weight excluding hydrogens is 402 g/mol. The highest BCUT2D eigenvalue weighted by atomic mass is 19.1. The molecule has 7 heteroatoms. The van der Waals surface area contributed by atoms with Gasteiger partial charge in [-0.3, -0.25) is 19.5 Å². The molecule has 0 bridgehead atoms. The van der Waals surface area contributed by atoms with Gasteiger partial charge in [0, 0.05) is 24.6 Å². The van der Waals surface area contributed by atoms with Crippen LogP contribution >= 0.6 is 0 Å². The molecule has 0 spiro atoms. The Balaban J connectivity index is 2.00. The van der Waals surface area contributed by atoms with Crippen LogP contribution in [0.15, 0.2) is 78.9 Å². The van der Waals surface area contributed by atoms with E-state index in [0.29, 0.717) is 33.6 Å². The number of hydrogen-bond donors (Lipinski definition) is 0. The number of benzene rings is 3. The molecule has 0 unspecified atom stereocenters. The minimum atomic E-state index is -0.498. The molecule has 4 aromatic rings. The number of aromatic nitrogens is 1. The maximum atomic E-state index is 13.5. The molecule has 0 atom stereocenters. The molecule has 0 fully saturated rings.